The molecule has 2 heteroatoms. The molecule has 0 saturated carbocycles. The van der Waals surface area contributed by atoms with Crippen LogP contribution in [-0.2, 0) is 4.79 Å². The molecule has 0 aromatic rings. The van der Waals surface area contributed by atoms with Gasteiger partial charge in [-0.3, -0.25) is 4.79 Å². The summed E-state index contributed by atoms with van der Waals surface area (Å²) in [5.41, 5.74) is 0. The lowest BCUT2D eigenvalue weighted by Crippen LogP contribution is -1.97. The first kappa shape index (κ1) is 5.60. The van der Waals surface area contributed by atoms with E-state index in [-0.39, 0.29) is 12.3 Å². The zero-order valence-corrected chi connectivity index (χ0v) is 5.22. The van der Waals surface area contributed by atoms with Crippen molar-refractivity contribution in [3.05, 3.63) is 0 Å². The number of hydrogen-bond donors (Lipinski definition) is 1. The van der Waals surface area contributed by atoms with Gasteiger partial charge >= 0.3 is 5.97 Å². The maximum absolute atomic E-state index is 9.99. The van der Waals surface area contributed by atoms with Gasteiger partial charge in [0.15, 0.2) is 0 Å². The fourth-order valence-electron chi connectivity index (χ4n) is 0.337. The van der Waals surface area contributed by atoms with Crippen molar-refractivity contribution >= 4 is 5.97 Å². The fourth-order valence-corrected chi connectivity index (χ4v) is 0.337. The Bertz CT molecular complexity index is 101. The van der Waals surface area contributed by atoms with Crippen molar-refractivity contribution in [3.63, 3.8) is 0 Å². The van der Waals surface area contributed by atoms with E-state index in [0.29, 0.717) is 0 Å². The van der Waals surface area contributed by atoms with Crippen LogP contribution in [0.15, 0.2) is 0 Å². The molecule has 0 aliphatic carbocycles. The van der Waals surface area contributed by atoms with Gasteiger partial charge in [-0.05, 0) is 12.3 Å². The molecule has 2 nitrogen and oxygen atoms in total. The monoisotopic (exact) mass is 117 g/mol. The van der Waals surface area contributed by atoms with Gasteiger partial charge in [0.1, 0.15) is 0 Å². The van der Waals surface area contributed by atoms with E-state index in [2.05, 4.69) is 0 Å². The third-order valence-electron chi connectivity index (χ3n) is 0.764. The first-order valence-corrected chi connectivity index (χ1v) is 2.68. The molecule has 0 aromatic carbocycles. The van der Waals surface area contributed by atoms with Crippen molar-refractivity contribution in [1.29, 1.82) is 0 Å². The van der Waals surface area contributed by atoms with E-state index >= 15 is 0 Å². The van der Waals surface area contributed by atoms with E-state index in [1.807, 2.05) is 13.8 Å². The third kappa shape index (κ3) is 5.47. The quantitative estimate of drug-likeness (QED) is 0.608. The van der Waals surface area contributed by atoms with E-state index in [9.17, 15) is 4.79 Å². The summed E-state index contributed by atoms with van der Waals surface area (Å²) in [5.74, 6) is -0.746. The molecule has 48 valence electrons. The van der Waals surface area contributed by atoms with E-state index < -0.39 is 12.4 Å². The summed E-state index contributed by atoms with van der Waals surface area (Å²) in [6.07, 6.45) is -0.500. The lowest BCUT2D eigenvalue weighted by atomic mass is 10.1. The van der Waals surface area contributed by atoms with Gasteiger partial charge in [-0.1, -0.05) is 13.8 Å². The fraction of sp³-hybridized carbons (Fsp3) is 0.833. The van der Waals surface area contributed by atoms with Crippen LogP contribution in [0.1, 0.15) is 28.0 Å². The molecule has 0 aliphatic heterocycles. The van der Waals surface area contributed by atoms with Crippen LogP contribution in [0.25, 0.3) is 0 Å². The van der Waals surface area contributed by atoms with Crippen LogP contribution in [-0.4, -0.2) is 11.1 Å². The van der Waals surface area contributed by atoms with E-state index in [1.165, 1.54) is 0 Å². The lowest BCUT2D eigenvalue weighted by molar-refractivity contribution is -0.137. The molecule has 1 atom stereocenters. The highest BCUT2D eigenvalue weighted by molar-refractivity contribution is 5.66. The van der Waals surface area contributed by atoms with Gasteiger partial charge in [0, 0.05) is 7.79 Å². The maximum Gasteiger partial charge on any atom is 0.303 e. The Balaban J connectivity index is 3.50. The van der Waals surface area contributed by atoms with Crippen molar-refractivity contribution in [3.8, 4) is 0 Å². The Morgan fingerprint density at radius 1 is 1.88 bits per heavy atom. The van der Waals surface area contributed by atoms with Crippen LogP contribution in [0.4, 0.5) is 0 Å². The second kappa shape index (κ2) is 3.47. The second-order valence-electron chi connectivity index (χ2n) is 2.08. The molecule has 8 heavy (non-hydrogen) atoms. The van der Waals surface area contributed by atoms with Crippen molar-refractivity contribution in [2.75, 3.05) is 0 Å². The van der Waals surface area contributed by atoms with Gasteiger partial charge in [0.2, 0.25) is 0 Å². The van der Waals surface area contributed by atoms with Crippen molar-refractivity contribution in [2.45, 2.75) is 26.7 Å². The Labute approximate surface area is 50.9 Å². The largest absolute Gasteiger partial charge is 0.481 e. The molecular weight excluding hydrogens is 104 g/mol. The number of aliphatic carboxylic acids is 1. The predicted octanol–water partition coefficient (Wildman–Crippen LogP) is 1.51. The van der Waals surface area contributed by atoms with Crippen LogP contribution in [0.5, 0.6) is 0 Å². The highest BCUT2D eigenvalue weighted by atomic mass is 16.4. The Morgan fingerprint density at radius 3 is 2.50 bits per heavy atom. The Morgan fingerprint density at radius 2 is 2.38 bits per heavy atom. The Hall–Kier alpha value is -0.530. The van der Waals surface area contributed by atoms with Crippen LogP contribution < -0.4 is 0 Å². The SMILES string of the molecule is [2H][C@H](CC(=O)O)C(C)C. The average Bonchev–Trinajstić information content (AvgIpc) is 1.63. The van der Waals surface area contributed by atoms with Gasteiger partial charge in [0.25, 0.3) is 0 Å². The zero-order chi connectivity index (χ0) is 7.44. The minimum absolute atomic E-state index is 0.0440. The number of carbonyl (C=O) groups is 1. The molecule has 0 bridgehead atoms. The van der Waals surface area contributed by atoms with E-state index in [4.69, 9.17) is 6.48 Å². The van der Waals surface area contributed by atoms with Crippen LogP contribution >= 0.6 is 0 Å². The summed E-state index contributed by atoms with van der Waals surface area (Å²) in [5, 5.41) is 8.21. The van der Waals surface area contributed by atoms with Crippen molar-refractivity contribution in [1.82, 2.24) is 0 Å². The third-order valence-corrected chi connectivity index (χ3v) is 0.764. The van der Waals surface area contributed by atoms with Crippen molar-refractivity contribution in [2.24, 2.45) is 5.92 Å². The molecule has 0 saturated heterocycles. The van der Waals surface area contributed by atoms with Gasteiger partial charge in [-0.15, -0.1) is 0 Å². The number of hydrogen-bond acceptors (Lipinski definition) is 1. The topological polar surface area (TPSA) is 37.3 Å². The van der Waals surface area contributed by atoms with E-state index in [0.717, 1.165) is 0 Å². The minimum atomic E-state index is -0.885. The number of carboxylic acid groups (broad SMARTS) is 1. The summed E-state index contributed by atoms with van der Waals surface area (Å²) in [6.45, 7) is 3.70. The van der Waals surface area contributed by atoms with Crippen molar-refractivity contribution < 1.29 is 11.3 Å². The smallest absolute Gasteiger partial charge is 0.303 e. The van der Waals surface area contributed by atoms with Crippen LogP contribution in [0, 0.1) is 5.92 Å². The molecule has 0 rings (SSSR count). The molecule has 0 spiro atoms. The van der Waals surface area contributed by atoms with Crippen LogP contribution in [0.3, 0.4) is 0 Å². The number of rotatable bonds is 3. The standard InChI is InChI=1S/C6H12O2/c1-5(2)3-4-6(7)8/h5H,3-4H2,1-2H3,(H,7,8)/i3D/t3-/m1/s1. The summed E-state index contributed by atoms with van der Waals surface area (Å²) >= 11 is 0. The summed E-state index contributed by atoms with van der Waals surface area (Å²) < 4.78 is 7.18. The molecule has 0 aliphatic rings. The van der Waals surface area contributed by atoms with Gasteiger partial charge in [-0.2, -0.15) is 0 Å². The van der Waals surface area contributed by atoms with Gasteiger partial charge < -0.3 is 5.11 Å². The summed E-state index contributed by atoms with van der Waals surface area (Å²) in [6, 6.07) is 0. The minimum Gasteiger partial charge on any atom is -0.481 e. The molecule has 0 heterocycles. The molecule has 0 unspecified atom stereocenters. The first-order chi connectivity index (χ1) is 4.04. The molecular formula is C6H12O2. The van der Waals surface area contributed by atoms with Crippen LogP contribution in [0.2, 0.25) is 0 Å². The molecule has 0 radical (unpaired) electrons. The lowest BCUT2D eigenvalue weighted by Gasteiger charge is -1.97. The highest BCUT2D eigenvalue weighted by Crippen LogP contribution is 2.01. The average molecular weight is 117 g/mol. The zero-order valence-electron chi connectivity index (χ0n) is 6.22. The first-order valence-electron chi connectivity index (χ1n) is 3.25. The Kier molecular flexibility index (Phi) is 2.43. The molecule has 0 aromatic heterocycles. The van der Waals surface area contributed by atoms with Gasteiger partial charge in [-0.25, -0.2) is 0 Å². The predicted molar refractivity (Wildman–Crippen MR) is 31.7 cm³/mol. The summed E-state index contributed by atoms with van der Waals surface area (Å²) in [7, 11) is 0. The highest BCUT2D eigenvalue weighted by Gasteiger charge is 1.97. The maximum atomic E-state index is 9.99. The summed E-state index contributed by atoms with van der Waals surface area (Å²) in [4.78, 5) is 9.99. The number of carboxylic acids is 1. The molecule has 0 amide bonds. The molecule has 0 fully saturated rings. The van der Waals surface area contributed by atoms with E-state index in [1.54, 1.807) is 0 Å². The molecule has 1 N–H and O–H groups in total. The normalized spacial score (nSPS) is 15.6. The van der Waals surface area contributed by atoms with Gasteiger partial charge in [0.05, 0.1) is 0 Å². The second-order valence-corrected chi connectivity index (χ2v) is 2.08.